The summed E-state index contributed by atoms with van der Waals surface area (Å²) in [5.41, 5.74) is 0.698. The zero-order valence-electron chi connectivity index (χ0n) is 18.3. The molecule has 8 nitrogen and oxygen atoms in total. The van der Waals surface area contributed by atoms with E-state index in [9.17, 15) is 19.2 Å². The van der Waals surface area contributed by atoms with Gasteiger partial charge in [-0.05, 0) is 37.5 Å². The highest BCUT2D eigenvalue weighted by Gasteiger charge is 2.47. The van der Waals surface area contributed by atoms with E-state index < -0.39 is 58.4 Å². The molecule has 30 heavy (non-hydrogen) atoms. The molecule has 0 aliphatic heterocycles. The van der Waals surface area contributed by atoms with E-state index in [2.05, 4.69) is 0 Å². The zero-order chi connectivity index (χ0) is 23.6. The van der Waals surface area contributed by atoms with E-state index >= 15 is 0 Å². The van der Waals surface area contributed by atoms with Crippen LogP contribution in [0.5, 0.6) is 0 Å². The molecule has 0 spiro atoms. The summed E-state index contributed by atoms with van der Waals surface area (Å²) in [4.78, 5) is 44.2. The van der Waals surface area contributed by atoms with Gasteiger partial charge in [-0.3, -0.25) is 19.2 Å². The number of hydrogen-bond donors (Lipinski definition) is 4. The van der Waals surface area contributed by atoms with E-state index in [1.54, 1.807) is 27.7 Å². The van der Waals surface area contributed by atoms with Gasteiger partial charge in [0.15, 0.2) is 0 Å². The van der Waals surface area contributed by atoms with E-state index in [0.29, 0.717) is 12.8 Å². The lowest BCUT2D eigenvalue weighted by molar-refractivity contribution is -0.158. The Morgan fingerprint density at radius 2 is 0.933 bits per heavy atom. The summed E-state index contributed by atoms with van der Waals surface area (Å²) in [6.07, 6.45) is 4.39. The van der Waals surface area contributed by atoms with Crippen molar-refractivity contribution in [1.82, 2.24) is 0 Å². The maximum Gasteiger partial charge on any atom is 0.308 e. The van der Waals surface area contributed by atoms with E-state index in [0.717, 1.165) is 11.1 Å². The summed E-state index contributed by atoms with van der Waals surface area (Å²) in [6.45, 7) is 10.8. The number of carboxylic acid groups (broad SMARTS) is 4. The fraction of sp³-hybridized carbons (Fsp3) is 0.636. The molecule has 2 aliphatic rings. The number of hydrogen-bond acceptors (Lipinski definition) is 4. The van der Waals surface area contributed by atoms with Crippen LogP contribution in [0.25, 0.3) is 0 Å². The van der Waals surface area contributed by atoms with Crippen LogP contribution in [0.15, 0.2) is 23.3 Å². The van der Waals surface area contributed by atoms with Crippen molar-refractivity contribution < 1.29 is 39.6 Å². The van der Waals surface area contributed by atoms with Gasteiger partial charge in [-0.1, -0.05) is 51.0 Å². The SMILES string of the molecule is CC1=CC(C)(C)C(C(=O)O)C(C(=O)O)C1.CC1=CC(C)(C)C(C(=O)O)C(C(=O)O)C1. The van der Waals surface area contributed by atoms with Crippen molar-refractivity contribution in [2.45, 2.75) is 54.4 Å². The van der Waals surface area contributed by atoms with Gasteiger partial charge in [-0.15, -0.1) is 0 Å². The summed E-state index contributed by atoms with van der Waals surface area (Å²) in [5, 5.41) is 36.2. The minimum atomic E-state index is -1.03. The Bertz CT molecular complexity index is 721. The number of allylic oxidation sites excluding steroid dienone is 4. The molecule has 0 saturated carbocycles. The van der Waals surface area contributed by atoms with Crippen molar-refractivity contribution in [3.8, 4) is 0 Å². The quantitative estimate of drug-likeness (QED) is 0.501. The largest absolute Gasteiger partial charge is 0.481 e. The van der Waals surface area contributed by atoms with Gasteiger partial charge < -0.3 is 20.4 Å². The van der Waals surface area contributed by atoms with Crippen molar-refractivity contribution in [3.63, 3.8) is 0 Å². The molecule has 2 rings (SSSR count). The predicted octanol–water partition coefficient (Wildman–Crippen LogP) is 3.53. The molecular formula is C22H32O8. The Hall–Kier alpha value is -2.64. The molecule has 0 radical (unpaired) electrons. The molecular weight excluding hydrogens is 392 g/mol. The lowest BCUT2D eigenvalue weighted by Gasteiger charge is -2.37. The van der Waals surface area contributed by atoms with Crippen LogP contribution < -0.4 is 0 Å². The Morgan fingerprint density at radius 3 is 1.13 bits per heavy atom. The molecule has 0 aromatic carbocycles. The first kappa shape index (κ1) is 25.4. The third kappa shape index (κ3) is 5.70. The maximum atomic E-state index is 11.1. The Labute approximate surface area is 176 Å². The van der Waals surface area contributed by atoms with Crippen LogP contribution in [0.3, 0.4) is 0 Å². The maximum absolute atomic E-state index is 11.1. The monoisotopic (exact) mass is 424 g/mol. The van der Waals surface area contributed by atoms with Crippen LogP contribution in [0.4, 0.5) is 0 Å². The lowest BCUT2D eigenvalue weighted by atomic mass is 9.65. The second-order valence-electron chi connectivity index (χ2n) is 9.55. The van der Waals surface area contributed by atoms with Crippen molar-refractivity contribution >= 4 is 23.9 Å². The molecule has 0 fully saturated rings. The molecule has 2 aliphatic carbocycles. The number of rotatable bonds is 4. The first-order chi connectivity index (χ1) is 13.5. The summed E-state index contributed by atoms with van der Waals surface area (Å²) in [5.74, 6) is -7.44. The van der Waals surface area contributed by atoms with Crippen molar-refractivity contribution in [2.75, 3.05) is 0 Å². The van der Waals surface area contributed by atoms with Crippen LogP contribution in [0.2, 0.25) is 0 Å². The summed E-state index contributed by atoms with van der Waals surface area (Å²) in [6, 6.07) is 0. The molecule has 0 bridgehead atoms. The standard InChI is InChI=1S/2C11H16O4/c2*1-6-4-7(9(12)13)8(10(14)15)11(2,3)5-6/h2*5,7-8H,4H2,1-3H3,(H,12,13)(H,14,15). The van der Waals surface area contributed by atoms with Crippen LogP contribution in [-0.2, 0) is 19.2 Å². The van der Waals surface area contributed by atoms with Gasteiger partial charge in [0.25, 0.3) is 0 Å². The van der Waals surface area contributed by atoms with Gasteiger partial charge in [0.1, 0.15) is 0 Å². The first-order valence-electron chi connectivity index (χ1n) is 9.79. The average Bonchev–Trinajstić information content (AvgIpc) is 2.50. The highest BCUT2D eigenvalue weighted by molar-refractivity contribution is 5.82. The zero-order valence-corrected chi connectivity index (χ0v) is 18.3. The third-order valence-electron chi connectivity index (χ3n) is 5.89. The van der Waals surface area contributed by atoms with Crippen molar-refractivity contribution in [2.24, 2.45) is 34.5 Å². The fourth-order valence-electron chi connectivity index (χ4n) is 4.97. The van der Waals surface area contributed by atoms with Gasteiger partial charge >= 0.3 is 23.9 Å². The normalized spacial score (nSPS) is 29.4. The Morgan fingerprint density at radius 1 is 0.667 bits per heavy atom. The molecule has 4 unspecified atom stereocenters. The molecule has 0 aromatic heterocycles. The number of carboxylic acids is 4. The van der Waals surface area contributed by atoms with Crippen LogP contribution >= 0.6 is 0 Å². The molecule has 0 heterocycles. The van der Waals surface area contributed by atoms with E-state index in [1.807, 2.05) is 26.0 Å². The fourth-order valence-corrected chi connectivity index (χ4v) is 4.97. The van der Waals surface area contributed by atoms with Gasteiger partial charge in [0, 0.05) is 0 Å². The minimum absolute atomic E-state index is 0.329. The molecule has 4 N–H and O–H groups in total. The van der Waals surface area contributed by atoms with Crippen LogP contribution in [0, 0.1) is 34.5 Å². The molecule has 8 heteroatoms. The summed E-state index contributed by atoms with van der Waals surface area (Å²) in [7, 11) is 0. The molecule has 4 atom stereocenters. The van der Waals surface area contributed by atoms with E-state index in [4.69, 9.17) is 20.4 Å². The van der Waals surface area contributed by atoms with Gasteiger partial charge in [0.2, 0.25) is 0 Å². The third-order valence-corrected chi connectivity index (χ3v) is 5.89. The van der Waals surface area contributed by atoms with Gasteiger partial charge in [-0.25, -0.2) is 0 Å². The molecule has 0 saturated heterocycles. The first-order valence-corrected chi connectivity index (χ1v) is 9.79. The number of carbonyl (C=O) groups is 4. The highest BCUT2D eigenvalue weighted by Crippen LogP contribution is 2.43. The smallest absolute Gasteiger partial charge is 0.308 e. The number of aliphatic carboxylic acids is 4. The van der Waals surface area contributed by atoms with Crippen molar-refractivity contribution in [3.05, 3.63) is 23.3 Å². The Balaban J connectivity index is 0.000000300. The second-order valence-corrected chi connectivity index (χ2v) is 9.55. The lowest BCUT2D eigenvalue weighted by Crippen LogP contribution is -2.42. The highest BCUT2D eigenvalue weighted by atomic mass is 16.4. The molecule has 0 amide bonds. The van der Waals surface area contributed by atoms with E-state index in [1.165, 1.54) is 0 Å². The van der Waals surface area contributed by atoms with E-state index in [-0.39, 0.29) is 0 Å². The summed E-state index contributed by atoms with van der Waals surface area (Å²) >= 11 is 0. The second kappa shape index (κ2) is 9.02. The Kier molecular flexibility index (Phi) is 7.63. The molecule has 168 valence electrons. The van der Waals surface area contributed by atoms with Gasteiger partial charge in [0.05, 0.1) is 23.7 Å². The average molecular weight is 424 g/mol. The van der Waals surface area contributed by atoms with Crippen LogP contribution in [-0.4, -0.2) is 44.3 Å². The molecule has 0 aromatic rings. The van der Waals surface area contributed by atoms with Gasteiger partial charge in [-0.2, -0.15) is 0 Å². The van der Waals surface area contributed by atoms with Crippen LogP contribution in [0.1, 0.15) is 54.4 Å². The minimum Gasteiger partial charge on any atom is -0.481 e. The topological polar surface area (TPSA) is 149 Å². The predicted molar refractivity (Wildman–Crippen MR) is 109 cm³/mol. The summed E-state index contributed by atoms with van der Waals surface area (Å²) < 4.78 is 0. The van der Waals surface area contributed by atoms with Crippen molar-refractivity contribution in [1.29, 1.82) is 0 Å².